The van der Waals surface area contributed by atoms with Crippen LogP contribution in [0.4, 0.5) is 10.2 Å². The second-order valence-corrected chi connectivity index (χ2v) is 6.67. The van der Waals surface area contributed by atoms with Crippen molar-refractivity contribution in [2.75, 3.05) is 26.1 Å². The second kappa shape index (κ2) is 10.2. The van der Waals surface area contributed by atoms with Crippen molar-refractivity contribution in [2.45, 2.75) is 13.0 Å². The number of carbonyl (C=O) groups excluding carboxylic acids is 1. The van der Waals surface area contributed by atoms with E-state index in [1.54, 1.807) is 44.7 Å². The molecule has 6 nitrogen and oxygen atoms in total. The molecule has 0 spiro atoms. The highest BCUT2D eigenvalue weighted by molar-refractivity contribution is 5.93. The van der Waals surface area contributed by atoms with Gasteiger partial charge in [-0.05, 0) is 47.9 Å². The molecule has 3 rings (SSSR count). The number of pyridine rings is 1. The van der Waals surface area contributed by atoms with Crippen molar-refractivity contribution in [3.8, 4) is 11.5 Å². The van der Waals surface area contributed by atoms with E-state index < -0.39 is 0 Å². The summed E-state index contributed by atoms with van der Waals surface area (Å²) in [6, 6.07) is 15.5. The first-order valence-electron chi connectivity index (χ1n) is 9.58. The van der Waals surface area contributed by atoms with Crippen LogP contribution in [0.3, 0.4) is 0 Å². The largest absolute Gasteiger partial charge is 0.493 e. The number of halogens is 1. The maximum atomic E-state index is 12.9. The average Bonchev–Trinajstić information content (AvgIpc) is 2.78. The first-order valence-corrected chi connectivity index (χ1v) is 9.58. The zero-order valence-corrected chi connectivity index (χ0v) is 17.0. The van der Waals surface area contributed by atoms with Crippen LogP contribution in [-0.2, 0) is 13.0 Å². The molecule has 1 amide bonds. The number of carbonyl (C=O) groups is 1. The van der Waals surface area contributed by atoms with E-state index in [-0.39, 0.29) is 11.7 Å². The highest BCUT2D eigenvalue weighted by Crippen LogP contribution is 2.27. The lowest BCUT2D eigenvalue weighted by Gasteiger charge is -2.10. The molecule has 0 unspecified atom stereocenters. The number of hydrogen-bond donors (Lipinski definition) is 2. The molecule has 0 aliphatic carbocycles. The Balaban J connectivity index is 1.48. The Labute approximate surface area is 175 Å². The topological polar surface area (TPSA) is 73.7 Å². The Kier molecular flexibility index (Phi) is 7.21. The Hall–Kier alpha value is -3.61. The molecule has 0 saturated heterocycles. The number of rotatable bonds is 9. The summed E-state index contributed by atoms with van der Waals surface area (Å²) in [7, 11) is 3.19. The van der Waals surface area contributed by atoms with Crippen molar-refractivity contribution in [1.82, 2.24) is 5.32 Å². The van der Waals surface area contributed by atoms with Crippen LogP contribution in [-0.4, -0.2) is 26.7 Å². The van der Waals surface area contributed by atoms with Crippen molar-refractivity contribution in [1.29, 1.82) is 0 Å². The van der Waals surface area contributed by atoms with E-state index in [1.807, 2.05) is 18.2 Å². The normalized spacial score (nSPS) is 10.4. The minimum atomic E-state index is -0.258. The molecule has 1 heterocycles. The lowest BCUT2D eigenvalue weighted by molar-refractivity contribution is -0.361. The number of amides is 1. The first kappa shape index (κ1) is 21.1. The Bertz CT molecular complexity index is 976. The summed E-state index contributed by atoms with van der Waals surface area (Å²) in [5, 5.41) is 6.11. The maximum Gasteiger partial charge on any atom is 0.272 e. The molecule has 0 atom stereocenters. The summed E-state index contributed by atoms with van der Waals surface area (Å²) in [4.78, 5) is 15.4. The number of hydrogen-bond acceptors (Lipinski definition) is 4. The third-order valence-corrected chi connectivity index (χ3v) is 4.62. The van der Waals surface area contributed by atoms with Crippen molar-refractivity contribution < 1.29 is 23.6 Å². The Morgan fingerprint density at radius 2 is 1.70 bits per heavy atom. The molecule has 2 aromatic carbocycles. The SMILES string of the molecule is COc1ccc(CCNC(=O)c2ccc(NCc3ccc(F)cc3)[nH+]c2)cc1OC. The molecule has 0 aliphatic rings. The van der Waals surface area contributed by atoms with E-state index in [2.05, 4.69) is 15.6 Å². The fraction of sp³-hybridized carbons (Fsp3) is 0.217. The summed E-state index contributed by atoms with van der Waals surface area (Å²) < 4.78 is 23.5. The number of ether oxygens (including phenoxy) is 2. The Morgan fingerprint density at radius 1 is 0.967 bits per heavy atom. The average molecular weight is 410 g/mol. The van der Waals surface area contributed by atoms with E-state index in [4.69, 9.17) is 9.47 Å². The zero-order chi connectivity index (χ0) is 21.3. The van der Waals surface area contributed by atoms with Crippen LogP contribution in [0.5, 0.6) is 11.5 Å². The summed E-state index contributed by atoms with van der Waals surface area (Å²) >= 11 is 0. The smallest absolute Gasteiger partial charge is 0.272 e. The fourth-order valence-electron chi connectivity index (χ4n) is 2.93. The van der Waals surface area contributed by atoms with Crippen molar-refractivity contribution in [3.63, 3.8) is 0 Å². The quantitative estimate of drug-likeness (QED) is 0.568. The molecule has 3 N–H and O–H groups in total. The predicted octanol–water partition coefficient (Wildman–Crippen LogP) is 3.24. The van der Waals surface area contributed by atoms with Crippen LogP contribution in [0.25, 0.3) is 0 Å². The lowest BCUT2D eigenvalue weighted by atomic mass is 10.1. The molecule has 1 aromatic heterocycles. The van der Waals surface area contributed by atoms with Crippen LogP contribution in [0, 0.1) is 5.82 Å². The number of anilines is 1. The molecule has 3 aromatic rings. The zero-order valence-electron chi connectivity index (χ0n) is 17.0. The van der Waals surface area contributed by atoms with E-state index in [0.717, 1.165) is 16.9 Å². The highest BCUT2D eigenvalue weighted by atomic mass is 19.1. The maximum absolute atomic E-state index is 12.9. The summed E-state index contributed by atoms with van der Waals surface area (Å²) in [5.41, 5.74) is 2.54. The van der Waals surface area contributed by atoms with Gasteiger partial charge in [0.15, 0.2) is 11.5 Å². The van der Waals surface area contributed by atoms with Crippen LogP contribution in [0.2, 0.25) is 0 Å². The minimum absolute atomic E-state index is 0.156. The first-order chi connectivity index (χ1) is 14.6. The third kappa shape index (κ3) is 5.70. The summed E-state index contributed by atoms with van der Waals surface area (Å²) in [6.45, 7) is 1.05. The van der Waals surface area contributed by atoms with Crippen LogP contribution >= 0.6 is 0 Å². The van der Waals surface area contributed by atoms with Crippen LogP contribution in [0.15, 0.2) is 60.8 Å². The lowest BCUT2D eigenvalue weighted by Crippen LogP contribution is -2.27. The summed E-state index contributed by atoms with van der Waals surface area (Å²) in [5.74, 6) is 1.69. The van der Waals surface area contributed by atoms with Crippen molar-refractivity contribution in [3.05, 3.63) is 83.3 Å². The van der Waals surface area contributed by atoms with Gasteiger partial charge in [0.1, 0.15) is 18.6 Å². The molecular weight excluding hydrogens is 385 g/mol. The van der Waals surface area contributed by atoms with E-state index in [0.29, 0.717) is 36.6 Å². The molecule has 0 fully saturated rings. The summed E-state index contributed by atoms with van der Waals surface area (Å²) in [6.07, 6.45) is 2.33. The number of aromatic amines is 1. The van der Waals surface area contributed by atoms with Gasteiger partial charge in [0.2, 0.25) is 0 Å². The molecule has 7 heteroatoms. The van der Waals surface area contributed by atoms with Gasteiger partial charge >= 0.3 is 0 Å². The van der Waals surface area contributed by atoms with Gasteiger partial charge in [-0.3, -0.25) is 10.1 Å². The molecule has 30 heavy (non-hydrogen) atoms. The predicted molar refractivity (Wildman–Crippen MR) is 112 cm³/mol. The van der Waals surface area contributed by atoms with Gasteiger partial charge in [-0.1, -0.05) is 18.2 Å². The van der Waals surface area contributed by atoms with Gasteiger partial charge in [-0.25, -0.2) is 9.37 Å². The van der Waals surface area contributed by atoms with Gasteiger partial charge in [-0.2, -0.15) is 0 Å². The highest BCUT2D eigenvalue weighted by Gasteiger charge is 2.10. The number of methoxy groups -OCH3 is 2. The van der Waals surface area contributed by atoms with E-state index in [9.17, 15) is 9.18 Å². The molecule has 0 saturated carbocycles. The molecule has 156 valence electrons. The van der Waals surface area contributed by atoms with Gasteiger partial charge in [-0.15, -0.1) is 0 Å². The molecular formula is C23H25FN3O3+. The standard InChI is InChI=1S/C23H24FN3O3/c1-29-20-9-5-16(13-21(20)30-2)11-12-25-23(28)18-6-10-22(27-15-18)26-14-17-3-7-19(24)8-4-17/h3-10,13,15H,11-12,14H2,1-2H3,(H,25,28)(H,26,27)/p+1. The molecule has 0 aliphatic heterocycles. The van der Waals surface area contributed by atoms with Crippen LogP contribution < -0.4 is 25.1 Å². The van der Waals surface area contributed by atoms with Gasteiger partial charge < -0.3 is 14.8 Å². The number of aromatic nitrogens is 1. The van der Waals surface area contributed by atoms with Crippen molar-refractivity contribution >= 4 is 11.7 Å². The monoisotopic (exact) mass is 410 g/mol. The molecule has 0 radical (unpaired) electrons. The Morgan fingerprint density at radius 3 is 2.37 bits per heavy atom. The minimum Gasteiger partial charge on any atom is -0.493 e. The fourth-order valence-corrected chi connectivity index (χ4v) is 2.93. The van der Waals surface area contributed by atoms with Crippen LogP contribution in [0.1, 0.15) is 21.5 Å². The van der Waals surface area contributed by atoms with E-state index in [1.165, 1.54) is 12.1 Å². The molecule has 0 bridgehead atoms. The van der Waals surface area contributed by atoms with E-state index >= 15 is 0 Å². The van der Waals surface area contributed by atoms with Crippen molar-refractivity contribution in [2.24, 2.45) is 0 Å². The van der Waals surface area contributed by atoms with Gasteiger partial charge in [0.05, 0.1) is 19.8 Å². The third-order valence-electron chi connectivity index (χ3n) is 4.62. The second-order valence-electron chi connectivity index (χ2n) is 6.67. The number of nitrogens with one attached hydrogen (secondary N) is 3. The van der Waals surface area contributed by atoms with Gasteiger partial charge in [0, 0.05) is 12.6 Å². The van der Waals surface area contributed by atoms with Gasteiger partial charge in [0.25, 0.3) is 11.7 Å². The number of benzene rings is 2. The number of H-pyrrole nitrogens is 1.